The molecule has 1 saturated heterocycles. The topological polar surface area (TPSA) is 82.1 Å². The number of ether oxygens (including phenoxy) is 1. The van der Waals surface area contributed by atoms with Gasteiger partial charge in [-0.05, 0) is 23.8 Å². The lowest BCUT2D eigenvalue weighted by atomic mass is 10.1. The minimum absolute atomic E-state index is 0.0832. The van der Waals surface area contributed by atoms with E-state index < -0.39 is 5.97 Å². The number of carbonyl (C=O) groups excluding carboxylic acids is 1. The van der Waals surface area contributed by atoms with Gasteiger partial charge in [-0.1, -0.05) is 11.6 Å². The highest BCUT2D eigenvalue weighted by atomic mass is 35.5. The minimum atomic E-state index is -0.931. The van der Waals surface area contributed by atoms with Crippen molar-refractivity contribution in [2.24, 2.45) is 0 Å². The van der Waals surface area contributed by atoms with Crippen LogP contribution in [0.2, 0.25) is 5.02 Å². The molecule has 8 heteroatoms. The van der Waals surface area contributed by atoms with Crippen LogP contribution in [0.1, 0.15) is 12.0 Å². The smallest absolute Gasteiger partial charge is 0.317 e. The molecule has 2 N–H and O–H groups in total. The first-order valence-electron chi connectivity index (χ1n) is 7.79. The van der Waals surface area contributed by atoms with E-state index in [0.717, 1.165) is 24.3 Å². The van der Waals surface area contributed by atoms with Crippen LogP contribution >= 0.6 is 11.6 Å². The van der Waals surface area contributed by atoms with E-state index in [1.807, 2.05) is 18.2 Å². The maximum atomic E-state index is 12.1. The number of benzene rings is 1. The zero-order chi connectivity index (χ0) is 17.5. The number of rotatable bonds is 6. The van der Waals surface area contributed by atoms with Crippen LogP contribution in [0.5, 0.6) is 0 Å². The molecule has 2 rings (SSSR count). The Morgan fingerprint density at radius 3 is 2.75 bits per heavy atom. The highest BCUT2D eigenvalue weighted by Gasteiger charge is 2.16. The second-order valence-corrected chi connectivity index (χ2v) is 6.03. The van der Waals surface area contributed by atoms with Crippen LogP contribution in [-0.2, 0) is 16.1 Å². The second kappa shape index (κ2) is 8.75. The van der Waals surface area contributed by atoms with E-state index in [-0.39, 0.29) is 19.0 Å². The van der Waals surface area contributed by atoms with Crippen molar-refractivity contribution in [1.29, 1.82) is 0 Å². The van der Waals surface area contributed by atoms with E-state index >= 15 is 0 Å². The molecular formula is C16H22ClN3O4. The number of hydrogen-bond donors (Lipinski definition) is 2. The van der Waals surface area contributed by atoms with Gasteiger partial charge in [-0.25, -0.2) is 4.79 Å². The number of amides is 2. The molecule has 0 saturated carbocycles. The molecule has 1 fully saturated rings. The largest absolute Gasteiger partial charge is 0.481 e. The van der Waals surface area contributed by atoms with E-state index in [0.29, 0.717) is 24.8 Å². The zero-order valence-corrected chi connectivity index (χ0v) is 14.4. The first kappa shape index (κ1) is 18.4. The Morgan fingerprint density at radius 2 is 2.08 bits per heavy atom. The number of anilines is 1. The number of carboxylic acids is 1. The average molecular weight is 356 g/mol. The van der Waals surface area contributed by atoms with E-state index in [4.69, 9.17) is 21.4 Å². The molecule has 2 amide bonds. The predicted molar refractivity (Wildman–Crippen MR) is 91.6 cm³/mol. The molecule has 0 spiro atoms. The van der Waals surface area contributed by atoms with Crippen molar-refractivity contribution in [2.75, 3.05) is 44.8 Å². The maximum Gasteiger partial charge on any atom is 0.317 e. The number of hydrogen-bond acceptors (Lipinski definition) is 4. The van der Waals surface area contributed by atoms with Crippen molar-refractivity contribution in [3.05, 3.63) is 28.8 Å². The highest BCUT2D eigenvalue weighted by molar-refractivity contribution is 6.30. The monoisotopic (exact) mass is 355 g/mol. The molecule has 0 unspecified atom stereocenters. The summed E-state index contributed by atoms with van der Waals surface area (Å²) >= 11 is 6.09. The van der Waals surface area contributed by atoms with Gasteiger partial charge in [0.2, 0.25) is 0 Å². The Morgan fingerprint density at radius 1 is 1.38 bits per heavy atom. The normalized spacial score (nSPS) is 14.3. The summed E-state index contributed by atoms with van der Waals surface area (Å²) in [6, 6.07) is 5.30. The third kappa shape index (κ3) is 5.28. The molecule has 0 bridgehead atoms. The first-order chi connectivity index (χ1) is 11.5. The number of nitrogens with one attached hydrogen (secondary N) is 1. The summed E-state index contributed by atoms with van der Waals surface area (Å²) in [6.07, 6.45) is -0.0832. The molecule has 1 aliphatic heterocycles. The standard InChI is InChI=1S/C16H22ClN3O4/c1-19(5-4-15(21)22)16(23)18-11-12-10-13(17)2-3-14(12)20-6-8-24-9-7-20/h2-3,10H,4-9,11H2,1H3,(H,18,23)(H,21,22). The van der Waals surface area contributed by atoms with Gasteiger partial charge < -0.3 is 25.0 Å². The van der Waals surface area contributed by atoms with Gasteiger partial charge in [-0.2, -0.15) is 0 Å². The van der Waals surface area contributed by atoms with Gasteiger partial charge in [0, 0.05) is 43.9 Å². The van der Waals surface area contributed by atoms with Crippen molar-refractivity contribution < 1.29 is 19.4 Å². The van der Waals surface area contributed by atoms with Crippen LogP contribution in [-0.4, -0.2) is 61.9 Å². The summed E-state index contributed by atoms with van der Waals surface area (Å²) in [5.41, 5.74) is 1.94. The van der Waals surface area contributed by atoms with Crippen molar-refractivity contribution >= 4 is 29.3 Å². The molecule has 0 aliphatic carbocycles. The molecule has 132 valence electrons. The lowest BCUT2D eigenvalue weighted by Crippen LogP contribution is -2.39. The SMILES string of the molecule is CN(CCC(=O)O)C(=O)NCc1cc(Cl)ccc1N1CCOCC1. The summed E-state index contributed by atoms with van der Waals surface area (Å²) in [6.45, 7) is 3.41. The highest BCUT2D eigenvalue weighted by Crippen LogP contribution is 2.25. The molecule has 1 heterocycles. The molecule has 1 aliphatic rings. The fraction of sp³-hybridized carbons (Fsp3) is 0.500. The van der Waals surface area contributed by atoms with Gasteiger partial charge in [-0.3, -0.25) is 4.79 Å². The maximum absolute atomic E-state index is 12.1. The van der Waals surface area contributed by atoms with Crippen LogP contribution in [0.4, 0.5) is 10.5 Å². The third-order valence-corrected chi connectivity index (χ3v) is 4.07. The Balaban J connectivity index is 1.99. The Labute approximate surface area is 146 Å². The summed E-state index contributed by atoms with van der Waals surface area (Å²) in [4.78, 5) is 26.2. The summed E-state index contributed by atoms with van der Waals surface area (Å²) in [5, 5.41) is 12.1. The number of urea groups is 1. The van der Waals surface area contributed by atoms with Crippen LogP contribution in [0.25, 0.3) is 0 Å². The number of carboxylic acid groups (broad SMARTS) is 1. The number of aliphatic carboxylic acids is 1. The van der Waals surface area contributed by atoms with E-state index in [9.17, 15) is 9.59 Å². The first-order valence-corrected chi connectivity index (χ1v) is 8.17. The van der Waals surface area contributed by atoms with E-state index in [1.54, 1.807) is 7.05 Å². The number of morpholine rings is 1. The molecule has 7 nitrogen and oxygen atoms in total. The quantitative estimate of drug-likeness (QED) is 0.813. The average Bonchev–Trinajstić information content (AvgIpc) is 2.58. The van der Waals surface area contributed by atoms with Crippen LogP contribution in [0.15, 0.2) is 18.2 Å². The van der Waals surface area contributed by atoms with Gasteiger partial charge in [-0.15, -0.1) is 0 Å². The third-order valence-electron chi connectivity index (χ3n) is 3.83. The Bertz CT molecular complexity index is 591. The number of halogens is 1. The molecule has 0 radical (unpaired) electrons. The summed E-state index contributed by atoms with van der Waals surface area (Å²) < 4.78 is 5.37. The van der Waals surface area contributed by atoms with Gasteiger partial charge in [0.1, 0.15) is 0 Å². The lowest BCUT2D eigenvalue weighted by molar-refractivity contribution is -0.137. The van der Waals surface area contributed by atoms with Crippen molar-refractivity contribution in [3.8, 4) is 0 Å². The molecule has 24 heavy (non-hydrogen) atoms. The van der Waals surface area contributed by atoms with E-state index in [1.165, 1.54) is 4.90 Å². The van der Waals surface area contributed by atoms with Crippen LogP contribution in [0.3, 0.4) is 0 Å². The van der Waals surface area contributed by atoms with Gasteiger partial charge in [0.05, 0.1) is 19.6 Å². The number of carbonyl (C=O) groups is 2. The zero-order valence-electron chi connectivity index (χ0n) is 13.6. The molecule has 0 aromatic heterocycles. The van der Waals surface area contributed by atoms with Crippen LogP contribution < -0.4 is 10.2 Å². The summed E-state index contributed by atoms with van der Waals surface area (Å²) in [7, 11) is 1.57. The molecular weight excluding hydrogens is 334 g/mol. The predicted octanol–water partition coefficient (Wildman–Crippen LogP) is 1.79. The van der Waals surface area contributed by atoms with Crippen molar-refractivity contribution in [3.63, 3.8) is 0 Å². The van der Waals surface area contributed by atoms with Crippen molar-refractivity contribution in [2.45, 2.75) is 13.0 Å². The van der Waals surface area contributed by atoms with Crippen LogP contribution in [0, 0.1) is 0 Å². The fourth-order valence-electron chi connectivity index (χ4n) is 2.48. The Kier molecular flexibility index (Phi) is 6.69. The Hall–Kier alpha value is -1.99. The molecule has 1 aromatic rings. The van der Waals surface area contributed by atoms with E-state index in [2.05, 4.69) is 10.2 Å². The fourth-order valence-corrected chi connectivity index (χ4v) is 2.67. The second-order valence-electron chi connectivity index (χ2n) is 5.60. The van der Waals surface area contributed by atoms with Crippen molar-refractivity contribution in [1.82, 2.24) is 10.2 Å². The van der Waals surface area contributed by atoms with Gasteiger partial charge in [0.25, 0.3) is 0 Å². The number of nitrogens with zero attached hydrogens (tertiary/aromatic N) is 2. The lowest BCUT2D eigenvalue weighted by Gasteiger charge is -2.31. The minimum Gasteiger partial charge on any atom is -0.481 e. The molecule has 1 aromatic carbocycles. The van der Waals surface area contributed by atoms with Gasteiger partial charge in [0.15, 0.2) is 0 Å². The van der Waals surface area contributed by atoms with Gasteiger partial charge >= 0.3 is 12.0 Å². The molecule has 0 atom stereocenters. The summed E-state index contributed by atoms with van der Waals surface area (Å²) in [5.74, 6) is -0.931.